The van der Waals surface area contributed by atoms with Crippen molar-refractivity contribution in [3.8, 4) is 0 Å². The average Bonchev–Trinajstić information content (AvgIpc) is 3.14. The van der Waals surface area contributed by atoms with Crippen LogP contribution in [0.2, 0.25) is 0 Å². The van der Waals surface area contributed by atoms with Gasteiger partial charge < -0.3 is 14.3 Å². The minimum absolute atomic E-state index is 0.00435. The molecule has 0 spiro atoms. The number of likely N-dealkylation sites (tertiary alicyclic amines) is 1. The molecule has 0 aliphatic carbocycles. The number of hydrogen-bond acceptors (Lipinski definition) is 7. The smallest absolute Gasteiger partial charge is 0.223 e. The molecule has 3 heterocycles. The molecule has 1 atom stereocenters. The Morgan fingerprint density at radius 2 is 2.21 bits per heavy atom. The Kier molecular flexibility index (Phi) is 5.01. The van der Waals surface area contributed by atoms with Crippen LogP contribution in [-0.2, 0) is 18.5 Å². The van der Waals surface area contributed by atoms with Crippen LogP contribution in [-0.4, -0.2) is 39.2 Å². The highest BCUT2D eigenvalue weighted by atomic mass is 16.5. The van der Waals surface area contributed by atoms with Crippen molar-refractivity contribution < 1.29 is 8.94 Å². The van der Waals surface area contributed by atoms with Gasteiger partial charge in [0.15, 0.2) is 5.82 Å². The lowest BCUT2D eigenvalue weighted by Crippen LogP contribution is -2.45. The fourth-order valence-corrected chi connectivity index (χ4v) is 2.94. The van der Waals surface area contributed by atoms with Crippen molar-refractivity contribution in [3.63, 3.8) is 0 Å². The third-order valence-electron chi connectivity index (χ3n) is 4.27. The summed E-state index contributed by atoms with van der Waals surface area (Å²) in [4.78, 5) is 11.0. The highest BCUT2D eigenvalue weighted by molar-refractivity contribution is 5.06. The van der Waals surface area contributed by atoms with Crippen LogP contribution in [0.25, 0.3) is 0 Å². The molecule has 1 aliphatic rings. The molecule has 1 saturated heterocycles. The second-order valence-corrected chi connectivity index (χ2v) is 7.55. The largest absolute Gasteiger partial charge is 0.444 e. The third kappa shape index (κ3) is 4.42. The first-order valence-electron chi connectivity index (χ1n) is 8.60. The number of rotatable bonds is 5. The van der Waals surface area contributed by atoms with Crippen molar-refractivity contribution in [2.75, 3.05) is 13.1 Å². The summed E-state index contributed by atoms with van der Waals surface area (Å²) in [5.74, 6) is 3.06. The first kappa shape index (κ1) is 17.1. The van der Waals surface area contributed by atoms with Gasteiger partial charge in [-0.15, -0.1) is 0 Å². The van der Waals surface area contributed by atoms with E-state index in [4.69, 9.17) is 8.94 Å². The first-order chi connectivity index (χ1) is 11.4. The summed E-state index contributed by atoms with van der Waals surface area (Å²) in [5.41, 5.74) is -0.00435. The molecule has 7 nitrogen and oxygen atoms in total. The van der Waals surface area contributed by atoms with Crippen LogP contribution >= 0.6 is 0 Å². The molecule has 0 bridgehead atoms. The van der Waals surface area contributed by atoms with Gasteiger partial charge in [-0.1, -0.05) is 25.9 Å². The predicted octanol–water partition coefficient (Wildman–Crippen LogP) is 2.42. The van der Waals surface area contributed by atoms with Crippen LogP contribution in [0.1, 0.15) is 57.0 Å². The van der Waals surface area contributed by atoms with Gasteiger partial charge in [-0.05, 0) is 19.4 Å². The second kappa shape index (κ2) is 7.03. The normalized spacial score (nSPS) is 19.8. The minimum Gasteiger partial charge on any atom is -0.444 e. The SMILES string of the molecule is Cc1nc(CN2CCC[C@H](NCc3ncc(C(C)(C)C)o3)C2)no1. The van der Waals surface area contributed by atoms with E-state index in [1.54, 1.807) is 0 Å². The van der Waals surface area contributed by atoms with Crippen LogP contribution in [0.4, 0.5) is 0 Å². The Hall–Kier alpha value is -1.73. The molecular weight excluding hydrogens is 306 g/mol. The van der Waals surface area contributed by atoms with Gasteiger partial charge in [-0.2, -0.15) is 4.98 Å². The molecule has 132 valence electrons. The van der Waals surface area contributed by atoms with Gasteiger partial charge in [0, 0.05) is 24.9 Å². The summed E-state index contributed by atoms with van der Waals surface area (Å²) in [6.07, 6.45) is 4.16. The standard InChI is InChI=1S/C17H27N5O2/c1-12-20-15(21-24-12)11-22-7-5-6-13(10-22)18-9-16-19-8-14(23-16)17(2,3)4/h8,13,18H,5-7,9-11H2,1-4H3/t13-/m0/s1. The topological polar surface area (TPSA) is 80.2 Å². The zero-order valence-electron chi connectivity index (χ0n) is 15.0. The van der Waals surface area contributed by atoms with Gasteiger partial charge in [0.1, 0.15) is 5.76 Å². The molecule has 0 saturated carbocycles. The fraction of sp³-hybridized carbons (Fsp3) is 0.706. The molecule has 3 rings (SSSR count). The lowest BCUT2D eigenvalue weighted by Gasteiger charge is -2.32. The maximum atomic E-state index is 5.84. The number of nitrogens with zero attached hydrogens (tertiary/aromatic N) is 4. The zero-order valence-corrected chi connectivity index (χ0v) is 15.0. The number of oxazole rings is 1. The van der Waals surface area contributed by atoms with E-state index in [1.165, 1.54) is 0 Å². The van der Waals surface area contributed by atoms with Crippen LogP contribution < -0.4 is 5.32 Å². The molecule has 1 aliphatic heterocycles. The fourth-order valence-electron chi connectivity index (χ4n) is 2.94. The molecule has 0 aromatic carbocycles. The molecule has 1 N–H and O–H groups in total. The van der Waals surface area contributed by atoms with Crippen molar-refractivity contribution in [3.05, 3.63) is 29.6 Å². The Morgan fingerprint density at radius 3 is 2.88 bits per heavy atom. The van der Waals surface area contributed by atoms with E-state index in [1.807, 2.05) is 13.1 Å². The highest BCUT2D eigenvalue weighted by Gasteiger charge is 2.22. The van der Waals surface area contributed by atoms with Gasteiger partial charge in [0.05, 0.1) is 19.3 Å². The molecule has 0 radical (unpaired) electrons. The molecule has 2 aromatic rings. The summed E-state index contributed by atoms with van der Waals surface area (Å²) in [6.45, 7) is 11.6. The maximum Gasteiger partial charge on any atom is 0.223 e. The number of hydrogen-bond donors (Lipinski definition) is 1. The summed E-state index contributed by atoms with van der Waals surface area (Å²) >= 11 is 0. The van der Waals surface area contributed by atoms with Crippen molar-refractivity contribution in [2.24, 2.45) is 0 Å². The monoisotopic (exact) mass is 333 g/mol. The number of piperidine rings is 1. The minimum atomic E-state index is -0.00435. The van der Waals surface area contributed by atoms with Gasteiger partial charge in [0.2, 0.25) is 11.8 Å². The molecule has 0 amide bonds. The maximum absolute atomic E-state index is 5.84. The Labute approximate surface area is 142 Å². The van der Waals surface area contributed by atoms with Crippen molar-refractivity contribution in [2.45, 2.75) is 65.1 Å². The van der Waals surface area contributed by atoms with E-state index in [2.05, 4.69) is 46.1 Å². The van der Waals surface area contributed by atoms with E-state index in [0.29, 0.717) is 18.5 Å². The average molecular weight is 333 g/mol. The first-order valence-corrected chi connectivity index (χ1v) is 8.60. The number of aryl methyl sites for hydroxylation is 1. The predicted molar refractivity (Wildman–Crippen MR) is 89.4 cm³/mol. The van der Waals surface area contributed by atoms with Crippen LogP contribution in [0.15, 0.2) is 15.1 Å². The van der Waals surface area contributed by atoms with E-state index in [9.17, 15) is 0 Å². The Balaban J connectivity index is 1.49. The molecular formula is C17H27N5O2. The van der Waals surface area contributed by atoms with E-state index >= 15 is 0 Å². The van der Waals surface area contributed by atoms with E-state index in [-0.39, 0.29) is 5.41 Å². The number of aromatic nitrogens is 3. The van der Waals surface area contributed by atoms with E-state index < -0.39 is 0 Å². The zero-order chi connectivity index (χ0) is 17.2. The summed E-state index contributed by atoms with van der Waals surface area (Å²) in [5, 5.41) is 7.54. The molecule has 2 aromatic heterocycles. The van der Waals surface area contributed by atoms with Crippen molar-refractivity contribution in [1.82, 2.24) is 25.3 Å². The molecule has 1 fully saturated rings. The van der Waals surface area contributed by atoms with Crippen LogP contribution in [0.3, 0.4) is 0 Å². The Morgan fingerprint density at radius 1 is 1.38 bits per heavy atom. The van der Waals surface area contributed by atoms with Crippen molar-refractivity contribution >= 4 is 0 Å². The van der Waals surface area contributed by atoms with Gasteiger partial charge >= 0.3 is 0 Å². The summed E-state index contributed by atoms with van der Waals surface area (Å²) in [6, 6.07) is 0.428. The van der Waals surface area contributed by atoms with E-state index in [0.717, 1.165) is 50.0 Å². The summed E-state index contributed by atoms with van der Waals surface area (Å²) < 4.78 is 10.9. The second-order valence-electron chi connectivity index (χ2n) is 7.55. The summed E-state index contributed by atoms with van der Waals surface area (Å²) in [7, 11) is 0. The van der Waals surface area contributed by atoms with Gasteiger partial charge in [0.25, 0.3) is 0 Å². The lowest BCUT2D eigenvalue weighted by molar-refractivity contribution is 0.175. The lowest BCUT2D eigenvalue weighted by atomic mass is 9.94. The van der Waals surface area contributed by atoms with Gasteiger partial charge in [-0.25, -0.2) is 4.98 Å². The van der Waals surface area contributed by atoms with Gasteiger partial charge in [-0.3, -0.25) is 4.90 Å². The number of nitrogens with one attached hydrogen (secondary N) is 1. The van der Waals surface area contributed by atoms with Crippen molar-refractivity contribution in [1.29, 1.82) is 0 Å². The molecule has 24 heavy (non-hydrogen) atoms. The van der Waals surface area contributed by atoms with Crippen LogP contribution in [0.5, 0.6) is 0 Å². The Bertz CT molecular complexity index is 658. The third-order valence-corrected chi connectivity index (χ3v) is 4.27. The highest BCUT2D eigenvalue weighted by Crippen LogP contribution is 2.22. The quantitative estimate of drug-likeness (QED) is 0.900. The van der Waals surface area contributed by atoms with Crippen LogP contribution in [0, 0.1) is 6.92 Å². The molecule has 7 heteroatoms. The molecule has 0 unspecified atom stereocenters.